The van der Waals surface area contributed by atoms with E-state index in [-0.39, 0.29) is 11.3 Å². The highest BCUT2D eigenvalue weighted by molar-refractivity contribution is 5.92. The summed E-state index contributed by atoms with van der Waals surface area (Å²) in [5, 5.41) is 0. The first-order chi connectivity index (χ1) is 26.5. The summed E-state index contributed by atoms with van der Waals surface area (Å²) in [7, 11) is 0. The summed E-state index contributed by atoms with van der Waals surface area (Å²) in [4.78, 5) is 2.51. The zero-order valence-electron chi connectivity index (χ0n) is 30.9. The first-order valence-electron chi connectivity index (χ1n) is 19.1. The second kappa shape index (κ2) is 12.6. The molecule has 0 saturated heterocycles. The third kappa shape index (κ3) is 5.15. The van der Waals surface area contributed by atoms with Crippen LogP contribution in [0.25, 0.3) is 55.6 Å². The fourth-order valence-electron chi connectivity index (χ4n) is 9.05. The molecular weight excluding hydrogens is 651 g/mol. The molecule has 258 valence electrons. The zero-order chi connectivity index (χ0) is 36.4. The van der Waals surface area contributed by atoms with E-state index in [1.165, 1.54) is 95.0 Å². The molecule has 1 atom stereocenters. The Balaban J connectivity index is 1.13. The molecule has 1 aliphatic heterocycles. The Morgan fingerprint density at radius 3 is 1.50 bits per heavy atom. The van der Waals surface area contributed by atoms with Gasteiger partial charge in [0.1, 0.15) is 0 Å². The number of anilines is 3. The van der Waals surface area contributed by atoms with Crippen molar-refractivity contribution in [2.45, 2.75) is 32.1 Å². The van der Waals surface area contributed by atoms with E-state index < -0.39 is 0 Å². The minimum atomic E-state index is -0.0859. The van der Waals surface area contributed by atoms with Crippen molar-refractivity contribution < 1.29 is 0 Å². The van der Waals surface area contributed by atoms with Gasteiger partial charge in [0.05, 0.1) is 0 Å². The maximum atomic E-state index is 2.51. The lowest BCUT2D eigenvalue weighted by molar-refractivity contribution is 0.660. The Hall–Kier alpha value is -6.44. The molecule has 10 rings (SSSR count). The van der Waals surface area contributed by atoms with Crippen LogP contribution >= 0.6 is 0 Å². The van der Waals surface area contributed by atoms with E-state index in [0.29, 0.717) is 0 Å². The highest BCUT2D eigenvalue weighted by Gasteiger charge is 2.37. The van der Waals surface area contributed by atoms with Crippen LogP contribution in [0.3, 0.4) is 0 Å². The number of hydrogen-bond donors (Lipinski definition) is 0. The predicted molar refractivity (Wildman–Crippen MR) is 228 cm³/mol. The highest BCUT2D eigenvalue weighted by atomic mass is 15.2. The molecule has 1 aliphatic carbocycles. The monoisotopic (exact) mass is 691 g/mol. The third-order valence-corrected chi connectivity index (χ3v) is 11.9. The Morgan fingerprint density at radius 1 is 0.370 bits per heavy atom. The average Bonchev–Trinajstić information content (AvgIpc) is 3.47. The van der Waals surface area contributed by atoms with Crippen LogP contribution in [0.15, 0.2) is 188 Å². The highest BCUT2D eigenvalue weighted by Crippen LogP contribution is 2.54. The molecular formula is C53H41N. The molecule has 0 bridgehead atoms. The molecule has 1 nitrogen and oxygen atoms in total. The summed E-state index contributed by atoms with van der Waals surface area (Å²) in [6, 6.07) is 69.5. The quantitative estimate of drug-likeness (QED) is 0.174. The maximum Gasteiger partial charge on any atom is 0.0500 e. The fraction of sp³-hybridized carbons (Fsp3) is 0.0943. The summed E-state index contributed by atoms with van der Waals surface area (Å²) in [5.74, 6) is 0.189. The summed E-state index contributed by atoms with van der Waals surface area (Å²) >= 11 is 0. The van der Waals surface area contributed by atoms with Gasteiger partial charge in [-0.3, -0.25) is 0 Å². The van der Waals surface area contributed by atoms with E-state index in [1.54, 1.807) is 0 Å². The number of rotatable bonds is 5. The van der Waals surface area contributed by atoms with Crippen molar-refractivity contribution in [1.29, 1.82) is 0 Å². The second-order valence-corrected chi connectivity index (χ2v) is 15.4. The second-order valence-electron chi connectivity index (χ2n) is 15.4. The van der Waals surface area contributed by atoms with Gasteiger partial charge in [-0.15, -0.1) is 0 Å². The van der Waals surface area contributed by atoms with Crippen molar-refractivity contribution in [3.8, 4) is 55.6 Å². The van der Waals surface area contributed by atoms with Gasteiger partial charge in [-0.05, 0) is 114 Å². The molecule has 0 saturated carbocycles. The summed E-state index contributed by atoms with van der Waals surface area (Å²) in [5.41, 5.74) is 21.6. The van der Waals surface area contributed by atoms with Gasteiger partial charge < -0.3 is 4.90 Å². The zero-order valence-corrected chi connectivity index (χ0v) is 30.9. The summed E-state index contributed by atoms with van der Waals surface area (Å²) < 4.78 is 0. The molecule has 2 aliphatic rings. The van der Waals surface area contributed by atoms with Crippen LogP contribution in [0, 0.1) is 0 Å². The maximum absolute atomic E-state index is 2.51. The number of fused-ring (bicyclic) bond motifs is 5. The smallest absolute Gasteiger partial charge is 0.0500 e. The normalized spacial score (nSPS) is 14.9. The molecule has 0 spiro atoms. The van der Waals surface area contributed by atoms with Gasteiger partial charge in [-0.1, -0.05) is 172 Å². The molecule has 0 N–H and O–H groups in total. The van der Waals surface area contributed by atoms with Crippen LogP contribution in [0.1, 0.15) is 48.9 Å². The van der Waals surface area contributed by atoms with E-state index in [1.807, 2.05) is 0 Å². The van der Waals surface area contributed by atoms with Gasteiger partial charge in [-0.25, -0.2) is 0 Å². The fourth-order valence-corrected chi connectivity index (χ4v) is 9.05. The lowest BCUT2D eigenvalue weighted by atomic mass is 9.81. The molecule has 0 amide bonds. The summed E-state index contributed by atoms with van der Waals surface area (Å²) in [6.07, 6.45) is 0. The molecule has 1 heteroatoms. The molecule has 8 aromatic carbocycles. The topological polar surface area (TPSA) is 3.24 Å². The molecule has 1 heterocycles. The van der Waals surface area contributed by atoms with Gasteiger partial charge in [0.25, 0.3) is 0 Å². The van der Waals surface area contributed by atoms with Crippen LogP contribution in [-0.4, -0.2) is 0 Å². The van der Waals surface area contributed by atoms with Crippen LogP contribution < -0.4 is 4.90 Å². The van der Waals surface area contributed by atoms with E-state index >= 15 is 0 Å². The first-order valence-corrected chi connectivity index (χ1v) is 19.1. The van der Waals surface area contributed by atoms with E-state index in [4.69, 9.17) is 0 Å². The molecule has 0 fully saturated rings. The molecule has 54 heavy (non-hydrogen) atoms. The van der Waals surface area contributed by atoms with Crippen LogP contribution in [0.5, 0.6) is 0 Å². The Bertz CT molecular complexity index is 2690. The molecule has 0 radical (unpaired) electrons. The first kappa shape index (κ1) is 32.2. The lowest BCUT2D eigenvalue weighted by Crippen LogP contribution is -2.22. The standard InChI is InChI=1S/C53H41N/c1-35-47-32-40(38-24-22-37(23-25-38)36-14-6-4-7-15-36)26-30-51(47)54(42-28-29-46-45-20-12-13-21-49(45)53(2,3)50(46)34-42)52-31-27-41(33-48(35)52)44-19-11-10-18-43(44)39-16-8-5-9-17-39/h4-35H,1-3H3. The predicted octanol–water partition coefficient (Wildman–Crippen LogP) is 14.6. The lowest BCUT2D eigenvalue weighted by Gasteiger charge is -2.38. The molecule has 8 aromatic rings. The average molecular weight is 692 g/mol. The van der Waals surface area contributed by atoms with Crippen LogP contribution in [-0.2, 0) is 5.41 Å². The SMILES string of the molecule is CC1c2cc(-c3ccc(-c4ccccc4)cc3)ccc2N(c2ccc3c(c2)C(C)(C)c2ccccc2-3)c2ccc(-c3ccccc3-c3ccccc3)cc21. The Kier molecular flexibility index (Phi) is 7.52. The van der Waals surface area contributed by atoms with Crippen molar-refractivity contribution in [1.82, 2.24) is 0 Å². The molecule has 0 aromatic heterocycles. The Labute approximate surface area is 318 Å². The largest absolute Gasteiger partial charge is 0.310 e. The molecule has 1 unspecified atom stereocenters. The van der Waals surface area contributed by atoms with E-state index in [9.17, 15) is 0 Å². The van der Waals surface area contributed by atoms with Gasteiger partial charge in [-0.2, -0.15) is 0 Å². The Morgan fingerprint density at radius 2 is 0.833 bits per heavy atom. The van der Waals surface area contributed by atoms with Crippen LogP contribution in [0.4, 0.5) is 17.1 Å². The van der Waals surface area contributed by atoms with E-state index in [0.717, 1.165) is 0 Å². The van der Waals surface area contributed by atoms with E-state index in [2.05, 4.69) is 214 Å². The summed E-state index contributed by atoms with van der Waals surface area (Å²) in [6.45, 7) is 7.12. The van der Waals surface area contributed by atoms with Crippen molar-refractivity contribution >= 4 is 17.1 Å². The van der Waals surface area contributed by atoms with Gasteiger partial charge in [0.2, 0.25) is 0 Å². The number of hydrogen-bond acceptors (Lipinski definition) is 1. The van der Waals surface area contributed by atoms with Crippen molar-refractivity contribution in [2.75, 3.05) is 4.90 Å². The third-order valence-electron chi connectivity index (χ3n) is 11.9. The van der Waals surface area contributed by atoms with Gasteiger partial charge >= 0.3 is 0 Å². The van der Waals surface area contributed by atoms with Gasteiger partial charge in [0.15, 0.2) is 0 Å². The van der Waals surface area contributed by atoms with Gasteiger partial charge in [0, 0.05) is 28.4 Å². The van der Waals surface area contributed by atoms with Crippen molar-refractivity contribution in [3.63, 3.8) is 0 Å². The van der Waals surface area contributed by atoms with Crippen molar-refractivity contribution in [2.24, 2.45) is 0 Å². The minimum Gasteiger partial charge on any atom is -0.310 e. The van der Waals surface area contributed by atoms with Crippen LogP contribution in [0.2, 0.25) is 0 Å². The number of nitrogens with zero attached hydrogens (tertiary/aromatic N) is 1. The minimum absolute atomic E-state index is 0.0859. The number of benzene rings is 8. The van der Waals surface area contributed by atoms with Crippen molar-refractivity contribution in [3.05, 3.63) is 210 Å².